The Bertz CT molecular complexity index is 3120. The third-order valence-corrected chi connectivity index (χ3v) is 21.7. The molecule has 2 heterocycles. The summed E-state index contributed by atoms with van der Waals surface area (Å²) in [5.41, 5.74) is 7.45. The molecular formula is C54H36GeO2. The molecule has 0 saturated carbocycles. The van der Waals surface area contributed by atoms with Gasteiger partial charge in [-0.2, -0.15) is 0 Å². The van der Waals surface area contributed by atoms with Gasteiger partial charge in [-0.15, -0.1) is 0 Å². The summed E-state index contributed by atoms with van der Waals surface area (Å²) in [5.74, 6) is 0.854. The third-order valence-electron chi connectivity index (χ3n) is 11.7. The van der Waals surface area contributed by atoms with Gasteiger partial charge in [-0.3, -0.25) is 0 Å². The first kappa shape index (κ1) is 33.5. The maximum absolute atomic E-state index is 6.91. The summed E-state index contributed by atoms with van der Waals surface area (Å²) < 4.78 is 18.2. The average Bonchev–Trinajstić information content (AvgIpc) is 3.92. The molecule has 0 radical (unpaired) electrons. The molecule has 0 unspecified atom stereocenters. The molecule has 11 rings (SSSR count). The van der Waals surface area contributed by atoms with E-state index in [2.05, 4.69) is 200 Å². The summed E-state index contributed by atoms with van der Waals surface area (Å²) in [4.78, 5) is 0. The molecule has 0 aliphatic carbocycles. The standard InChI is InChI=1S/C54H36GeO2/c1-5-17-37(18-6-1)51-44-25-13-14-26-45(44)52(53-47-27-15-16-28-50(47)57-54(53)39-29-32-49-38(35-39)33-34-56-49)46-31-30-43(36-48(46)51)55(40-19-7-2-8-20-40,41-21-9-3-10-22-41)42-23-11-4-12-24-42/h1-36H. The summed E-state index contributed by atoms with van der Waals surface area (Å²) in [5, 5.41) is 6.96. The number of para-hydroxylation sites is 1. The molecule has 9 aromatic carbocycles. The number of fused-ring (bicyclic) bond motifs is 4. The summed E-state index contributed by atoms with van der Waals surface area (Å²) in [6.45, 7) is 0. The predicted octanol–water partition coefficient (Wildman–Crippen LogP) is 11.9. The summed E-state index contributed by atoms with van der Waals surface area (Å²) in [6.07, 6.45) is 1.75. The number of hydrogen-bond acceptors (Lipinski definition) is 2. The van der Waals surface area contributed by atoms with E-state index in [9.17, 15) is 0 Å². The van der Waals surface area contributed by atoms with E-state index in [4.69, 9.17) is 8.83 Å². The van der Waals surface area contributed by atoms with E-state index in [1.165, 1.54) is 55.8 Å². The van der Waals surface area contributed by atoms with Crippen molar-refractivity contribution in [2.45, 2.75) is 0 Å². The van der Waals surface area contributed by atoms with Gasteiger partial charge >= 0.3 is 335 Å². The monoisotopic (exact) mass is 790 g/mol. The zero-order valence-corrected chi connectivity index (χ0v) is 33.2. The van der Waals surface area contributed by atoms with Gasteiger partial charge < -0.3 is 0 Å². The van der Waals surface area contributed by atoms with Crippen LogP contribution >= 0.6 is 0 Å². The van der Waals surface area contributed by atoms with Gasteiger partial charge in [0.1, 0.15) is 0 Å². The van der Waals surface area contributed by atoms with Crippen molar-refractivity contribution in [3.8, 4) is 33.6 Å². The second-order valence-electron chi connectivity index (χ2n) is 14.7. The van der Waals surface area contributed by atoms with Crippen molar-refractivity contribution in [3.05, 3.63) is 219 Å². The molecule has 3 heteroatoms. The quantitative estimate of drug-likeness (QED) is 0.119. The predicted molar refractivity (Wildman–Crippen MR) is 241 cm³/mol. The molecule has 0 aliphatic heterocycles. The van der Waals surface area contributed by atoms with Crippen LogP contribution in [0.3, 0.4) is 0 Å². The number of furan rings is 2. The molecular weight excluding hydrogens is 753 g/mol. The zero-order valence-electron chi connectivity index (χ0n) is 31.1. The van der Waals surface area contributed by atoms with Crippen LogP contribution in [-0.2, 0) is 0 Å². The van der Waals surface area contributed by atoms with E-state index in [0.717, 1.165) is 38.8 Å². The molecule has 0 N–H and O–H groups in total. The fraction of sp³-hybridized carbons (Fsp3) is 0. The molecule has 268 valence electrons. The third kappa shape index (κ3) is 5.33. The Morgan fingerprint density at radius 3 is 1.51 bits per heavy atom. The van der Waals surface area contributed by atoms with Crippen LogP contribution in [0, 0.1) is 0 Å². The van der Waals surface area contributed by atoms with Gasteiger partial charge in [0.2, 0.25) is 0 Å². The Kier molecular flexibility index (Phi) is 8.04. The first-order chi connectivity index (χ1) is 28.3. The van der Waals surface area contributed by atoms with Gasteiger partial charge in [-0.25, -0.2) is 0 Å². The second kappa shape index (κ2) is 13.7. The minimum atomic E-state index is -3.63. The number of benzene rings is 9. The normalized spacial score (nSPS) is 11.9. The van der Waals surface area contributed by atoms with Crippen LogP contribution in [0.15, 0.2) is 227 Å². The van der Waals surface area contributed by atoms with E-state index in [-0.39, 0.29) is 0 Å². The van der Waals surface area contributed by atoms with Crippen molar-refractivity contribution >= 4 is 74.3 Å². The van der Waals surface area contributed by atoms with E-state index in [1.54, 1.807) is 6.26 Å². The Balaban J connectivity index is 1.31. The van der Waals surface area contributed by atoms with Gasteiger partial charge in [0.25, 0.3) is 0 Å². The van der Waals surface area contributed by atoms with Crippen LogP contribution in [0.2, 0.25) is 0 Å². The van der Waals surface area contributed by atoms with Gasteiger partial charge in [0.05, 0.1) is 0 Å². The first-order valence-corrected chi connectivity index (χ1v) is 23.7. The number of rotatable bonds is 7. The van der Waals surface area contributed by atoms with Crippen LogP contribution in [0.4, 0.5) is 0 Å². The molecule has 0 atom stereocenters. The van der Waals surface area contributed by atoms with Crippen molar-refractivity contribution < 1.29 is 8.83 Å². The summed E-state index contributed by atoms with van der Waals surface area (Å²) in [7, 11) is 0. The van der Waals surface area contributed by atoms with Crippen molar-refractivity contribution in [3.63, 3.8) is 0 Å². The number of hydrogen-bond donors (Lipinski definition) is 0. The van der Waals surface area contributed by atoms with Crippen molar-refractivity contribution in [1.82, 2.24) is 0 Å². The fourth-order valence-corrected chi connectivity index (χ4v) is 19.3. The average molecular weight is 789 g/mol. The van der Waals surface area contributed by atoms with Crippen molar-refractivity contribution in [1.29, 1.82) is 0 Å². The fourth-order valence-electron chi connectivity index (χ4n) is 9.27. The van der Waals surface area contributed by atoms with Crippen molar-refractivity contribution in [2.75, 3.05) is 0 Å². The van der Waals surface area contributed by atoms with Crippen LogP contribution in [-0.4, -0.2) is 13.3 Å². The zero-order chi connectivity index (χ0) is 37.8. The van der Waals surface area contributed by atoms with Gasteiger partial charge in [-0.1, -0.05) is 0 Å². The Hall–Kier alpha value is -6.88. The van der Waals surface area contributed by atoms with E-state index >= 15 is 0 Å². The summed E-state index contributed by atoms with van der Waals surface area (Å²) in [6, 6.07) is 77.9. The van der Waals surface area contributed by atoms with E-state index in [1.807, 2.05) is 12.1 Å². The minimum absolute atomic E-state index is 0.854. The Morgan fingerprint density at radius 2 is 0.860 bits per heavy atom. The topological polar surface area (TPSA) is 26.3 Å². The summed E-state index contributed by atoms with van der Waals surface area (Å²) >= 11 is -3.63. The van der Waals surface area contributed by atoms with Gasteiger partial charge in [-0.05, 0) is 0 Å². The SMILES string of the molecule is c1ccc(-c2c3ccccc3c(-c3c(-c4ccc5occc5c4)oc4ccccc34)c3cc[c]([Ge]([c]4ccccc4)([c]4ccccc4)[c]4ccccc4)cc23)cc1. The molecule has 57 heavy (non-hydrogen) atoms. The molecule has 0 amide bonds. The first-order valence-electron chi connectivity index (χ1n) is 19.5. The molecule has 2 aromatic heterocycles. The van der Waals surface area contributed by atoms with Crippen LogP contribution in [0.5, 0.6) is 0 Å². The van der Waals surface area contributed by atoms with Gasteiger partial charge in [0, 0.05) is 0 Å². The van der Waals surface area contributed by atoms with Crippen LogP contribution < -0.4 is 17.6 Å². The molecule has 0 spiro atoms. The molecule has 0 saturated heterocycles. The van der Waals surface area contributed by atoms with Crippen LogP contribution in [0.1, 0.15) is 0 Å². The maximum atomic E-state index is 6.91. The molecule has 2 nitrogen and oxygen atoms in total. The molecule has 11 aromatic rings. The Morgan fingerprint density at radius 1 is 0.316 bits per heavy atom. The van der Waals surface area contributed by atoms with E-state index < -0.39 is 13.3 Å². The van der Waals surface area contributed by atoms with Gasteiger partial charge in [0.15, 0.2) is 0 Å². The second-order valence-corrected chi connectivity index (χ2v) is 22.7. The molecule has 0 aliphatic rings. The Labute approximate surface area is 333 Å². The molecule has 0 fully saturated rings. The molecule has 0 bridgehead atoms. The van der Waals surface area contributed by atoms with E-state index in [0.29, 0.717) is 0 Å². The van der Waals surface area contributed by atoms with Crippen LogP contribution in [0.25, 0.3) is 77.1 Å². The van der Waals surface area contributed by atoms with Crippen molar-refractivity contribution in [2.24, 2.45) is 0 Å².